The molecule has 0 aromatic heterocycles. The van der Waals surface area contributed by atoms with Crippen LogP contribution in [0.1, 0.15) is 24.8 Å². The van der Waals surface area contributed by atoms with Gasteiger partial charge >= 0.3 is 0 Å². The van der Waals surface area contributed by atoms with Crippen molar-refractivity contribution in [1.82, 2.24) is 5.32 Å². The Balaban J connectivity index is 1.90. The van der Waals surface area contributed by atoms with Crippen LogP contribution in [0.25, 0.3) is 0 Å². The summed E-state index contributed by atoms with van der Waals surface area (Å²) in [5.41, 5.74) is 1.12. The Hall–Kier alpha value is -0.530. The maximum Gasteiger partial charge on any atom is 0.0247 e. The predicted octanol–water partition coefficient (Wildman–Crippen LogP) is 2.78. The summed E-state index contributed by atoms with van der Waals surface area (Å²) in [7, 11) is 0. The van der Waals surface area contributed by atoms with Crippen molar-refractivity contribution in [2.24, 2.45) is 0 Å². The van der Waals surface area contributed by atoms with Gasteiger partial charge in [-0.25, -0.2) is 0 Å². The van der Waals surface area contributed by atoms with Gasteiger partial charge in [0.25, 0.3) is 0 Å². The van der Waals surface area contributed by atoms with Gasteiger partial charge in [0.1, 0.15) is 0 Å². The average Bonchev–Trinajstić information content (AvgIpc) is 2.74. The molecule has 1 fully saturated rings. The molecule has 2 rings (SSSR count). The minimum Gasteiger partial charge on any atom is -0.313 e. The molecular weight excluding hydrogens is 297 g/mol. The molecule has 1 nitrogen and oxygen atoms in total. The van der Waals surface area contributed by atoms with Crippen molar-refractivity contribution in [2.75, 3.05) is 6.54 Å². The molecule has 78 valence electrons. The van der Waals surface area contributed by atoms with E-state index in [1.54, 1.807) is 0 Å². The Kier molecular flexibility index (Phi) is 4.04. The molecule has 1 atom stereocenters. The molecule has 1 aliphatic heterocycles. The van der Waals surface area contributed by atoms with Gasteiger partial charge in [0.05, 0.1) is 0 Å². The molecule has 1 heterocycles. The lowest BCUT2D eigenvalue weighted by Gasteiger charge is -2.02. The lowest BCUT2D eigenvalue weighted by atomic mass is 10.1. The van der Waals surface area contributed by atoms with E-state index in [9.17, 15) is 0 Å². The molecule has 0 amide bonds. The SMILES string of the molecule is Ic1ccc(C#CCC2CCCN2)cc1. The predicted molar refractivity (Wildman–Crippen MR) is 71.7 cm³/mol. The topological polar surface area (TPSA) is 12.0 Å². The maximum absolute atomic E-state index is 3.45. The number of hydrogen-bond donors (Lipinski definition) is 1. The third-order valence-corrected chi connectivity index (χ3v) is 3.31. The summed E-state index contributed by atoms with van der Waals surface area (Å²) in [6.45, 7) is 1.16. The van der Waals surface area contributed by atoms with Gasteiger partial charge in [-0.3, -0.25) is 0 Å². The van der Waals surface area contributed by atoms with Crippen molar-refractivity contribution in [3.63, 3.8) is 0 Å². The Morgan fingerprint density at radius 3 is 2.80 bits per heavy atom. The minimum atomic E-state index is 0.626. The van der Waals surface area contributed by atoms with Gasteiger partial charge in [-0.2, -0.15) is 0 Å². The average molecular weight is 311 g/mol. The van der Waals surface area contributed by atoms with Gasteiger partial charge in [0.15, 0.2) is 0 Å². The van der Waals surface area contributed by atoms with Crippen molar-refractivity contribution >= 4 is 22.6 Å². The van der Waals surface area contributed by atoms with Crippen LogP contribution in [0.3, 0.4) is 0 Å². The third-order valence-electron chi connectivity index (χ3n) is 2.59. The lowest BCUT2D eigenvalue weighted by molar-refractivity contribution is 0.623. The van der Waals surface area contributed by atoms with Gasteiger partial charge in [-0.05, 0) is 66.2 Å². The molecule has 1 unspecified atom stereocenters. The van der Waals surface area contributed by atoms with Gasteiger partial charge < -0.3 is 5.32 Å². The number of hydrogen-bond acceptors (Lipinski definition) is 1. The second kappa shape index (κ2) is 5.53. The third kappa shape index (κ3) is 3.51. The highest BCUT2D eigenvalue weighted by Crippen LogP contribution is 2.08. The fraction of sp³-hybridized carbons (Fsp3) is 0.385. The molecular formula is C13H14IN. The van der Waals surface area contributed by atoms with E-state index in [0.717, 1.165) is 18.5 Å². The minimum absolute atomic E-state index is 0.626. The van der Waals surface area contributed by atoms with Crippen molar-refractivity contribution in [2.45, 2.75) is 25.3 Å². The Morgan fingerprint density at radius 1 is 1.33 bits per heavy atom. The molecule has 15 heavy (non-hydrogen) atoms. The Morgan fingerprint density at radius 2 is 2.13 bits per heavy atom. The zero-order valence-electron chi connectivity index (χ0n) is 8.59. The number of benzene rings is 1. The standard InChI is InChI=1S/C13H14IN/c14-12-8-6-11(7-9-12)3-1-4-13-5-2-10-15-13/h6-9,13,15H,2,4-5,10H2. The van der Waals surface area contributed by atoms with Crippen LogP contribution in [-0.2, 0) is 0 Å². The molecule has 1 N–H and O–H groups in total. The van der Waals surface area contributed by atoms with E-state index in [1.165, 1.54) is 16.4 Å². The summed E-state index contributed by atoms with van der Waals surface area (Å²) in [4.78, 5) is 0. The van der Waals surface area contributed by atoms with E-state index in [-0.39, 0.29) is 0 Å². The van der Waals surface area contributed by atoms with E-state index in [0.29, 0.717) is 6.04 Å². The summed E-state index contributed by atoms with van der Waals surface area (Å²) < 4.78 is 1.26. The van der Waals surface area contributed by atoms with Crippen LogP contribution >= 0.6 is 22.6 Å². The monoisotopic (exact) mass is 311 g/mol. The van der Waals surface area contributed by atoms with E-state index in [2.05, 4.69) is 64.0 Å². The smallest absolute Gasteiger partial charge is 0.0247 e. The summed E-state index contributed by atoms with van der Waals surface area (Å²) in [5, 5.41) is 3.45. The van der Waals surface area contributed by atoms with E-state index >= 15 is 0 Å². The molecule has 0 saturated carbocycles. The van der Waals surface area contributed by atoms with Crippen LogP contribution in [0.15, 0.2) is 24.3 Å². The molecule has 0 bridgehead atoms. The second-order valence-electron chi connectivity index (χ2n) is 3.81. The maximum atomic E-state index is 3.45. The summed E-state index contributed by atoms with van der Waals surface area (Å²) in [5.74, 6) is 6.45. The lowest BCUT2D eigenvalue weighted by Crippen LogP contribution is -2.20. The van der Waals surface area contributed by atoms with Crippen molar-refractivity contribution in [1.29, 1.82) is 0 Å². The van der Waals surface area contributed by atoms with Crippen molar-refractivity contribution in [3.05, 3.63) is 33.4 Å². The zero-order chi connectivity index (χ0) is 10.5. The molecule has 0 aliphatic carbocycles. The highest BCUT2D eigenvalue weighted by atomic mass is 127. The Labute approximate surface area is 105 Å². The number of nitrogens with one attached hydrogen (secondary N) is 1. The zero-order valence-corrected chi connectivity index (χ0v) is 10.8. The molecule has 2 heteroatoms. The first-order valence-electron chi connectivity index (χ1n) is 5.32. The first-order chi connectivity index (χ1) is 7.34. The summed E-state index contributed by atoms with van der Waals surface area (Å²) >= 11 is 2.31. The quantitative estimate of drug-likeness (QED) is 0.621. The van der Waals surface area contributed by atoms with Crippen LogP contribution in [0, 0.1) is 15.4 Å². The van der Waals surface area contributed by atoms with Gasteiger partial charge in [0, 0.05) is 21.6 Å². The van der Waals surface area contributed by atoms with Crippen LogP contribution in [0.4, 0.5) is 0 Å². The first-order valence-corrected chi connectivity index (χ1v) is 6.40. The van der Waals surface area contributed by atoms with Crippen molar-refractivity contribution in [3.8, 4) is 11.8 Å². The van der Waals surface area contributed by atoms with Crippen molar-refractivity contribution < 1.29 is 0 Å². The highest BCUT2D eigenvalue weighted by Gasteiger charge is 2.11. The van der Waals surface area contributed by atoms with Gasteiger partial charge in [-0.1, -0.05) is 11.8 Å². The summed E-state index contributed by atoms with van der Waals surface area (Å²) in [6.07, 6.45) is 3.56. The van der Waals surface area contributed by atoms with Gasteiger partial charge in [0.2, 0.25) is 0 Å². The van der Waals surface area contributed by atoms with E-state index in [4.69, 9.17) is 0 Å². The fourth-order valence-electron chi connectivity index (χ4n) is 1.74. The molecule has 0 radical (unpaired) electrons. The molecule has 1 aromatic carbocycles. The molecule has 1 saturated heterocycles. The Bertz CT molecular complexity index is 366. The van der Waals surface area contributed by atoms with E-state index < -0.39 is 0 Å². The van der Waals surface area contributed by atoms with Crippen LogP contribution in [-0.4, -0.2) is 12.6 Å². The summed E-state index contributed by atoms with van der Waals surface area (Å²) in [6, 6.07) is 8.98. The second-order valence-corrected chi connectivity index (χ2v) is 5.05. The molecule has 1 aromatic rings. The van der Waals surface area contributed by atoms with Crippen LogP contribution in [0.2, 0.25) is 0 Å². The molecule has 1 aliphatic rings. The first kappa shape index (κ1) is 11.0. The van der Waals surface area contributed by atoms with E-state index in [1.807, 2.05) is 0 Å². The fourth-order valence-corrected chi connectivity index (χ4v) is 2.10. The molecule has 0 spiro atoms. The highest BCUT2D eigenvalue weighted by molar-refractivity contribution is 14.1. The number of rotatable bonds is 1. The largest absolute Gasteiger partial charge is 0.313 e. The number of halogens is 1. The normalized spacial score (nSPS) is 19.7. The van der Waals surface area contributed by atoms with Gasteiger partial charge in [-0.15, -0.1) is 0 Å². The van der Waals surface area contributed by atoms with Crippen LogP contribution in [0.5, 0.6) is 0 Å². The van der Waals surface area contributed by atoms with Crippen LogP contribution < -0.4 is 5.32 Å².